The first-order valence-corrected chi connectivity index (χ1v) is 9.38. The number of halogens is 3. The van der Waals surface area contributed by atoms with Gasteiger partial charge in [-0.25, -0.2) is 0 Å². The van der Waals surface area contributed by atoms with Gasteiger partial charge in [0.15, 0.2) is 0 Å². The molecule has 1 fully saturated rings. The first-order chi connectivity index (χ1) is 13.2. The van der Waals surface area contributed by atoms with Gasteiger partial charge in [0, 0.05) is 38.9 Å². The monoisotopic (exact) mass is 391 g/mol. The Bertz CT molecular complexity index is 793. The van der Waals surface area contributed by atoms with Gasteiger partial charge in [-0.2, -0.15) is 13.2 Å². The Kier molecular flexibility index (Phi) is 6.03. The van der Waals surface area contributed by atoms with Gasteiger partial charge >= 0.3 is 6.18 Å². The topological polar surface area (TPSA) is 36.4 Å². The van der Waals surface area contributed by atoms with E-state index in [1.807, 2.05) is 0 Å². The van der Waals surface area contributed by atoms with Crippen LogP contribution in [-0.4, -0.2) is 46.9 Å². The zero-order valence-corrected chi connectivity index (χ0v) is 16.0. The van der Waals surface area contributed by atoms with Crippen molar-refractivity contribution in [1.82, 2.24) is 14.8 Å². The molecule has 0 aliphatic carbocycles. The van der Waals surface area contributed by atoms with Crippen molar-refractivity contribution in [3.8, 4) is 0 Å². The molecule has 2 heterocycles. The fraction of sp³-hybridized carbons (Fsp3) is 0.429. The molecule has 0 saturated carbocycles. The van der Waals surface area contributed by atoms with E-state index in [0.717, 1.165) is 31.9 Å². The van der Waals surface area contributed by atoms with Crippen LogP contribution >= 0.6 is 0 Å². The van der Waals surface area contributed by atoms with Crippen molar-refractivity contribution in [2.24, 2.45) is 0 Å². The van der Waals surface area contributed by atoms with Gasteiger partial charge in [0.2, 0.25) is 0 Å². The minimum Gasteiger partial charge on any atom is -0.336 e. The second-order valence-corrected chi connectivity index (χ2v) is 7.39. The van der Waals surface area contributed by atoms with Crippen LogP contribution in [0.3, 0.4) is 0 Å². The number of piperazine rings is 1. The number of carbonyl (C=O) groups excluding carboxylic acids is 1. The normalized spacial score (nSPS) is 15.9. The molecular weight excluding hydrogens is 367 g/mol. The third-order valence-electron chi connectivity index (χ3n) is 5.01. The van der Waals surface area contributed by atoms with Crippen molar-refractivity contribution in [3.05, 3.63) is 65.0 Å². The maximum atomic E-state index is 12.6. The number of aromatic nitrogens is 1. The predicted molar refractivity (Wildman–Crippen MR) is 101 cm³/mol. The van der Waals surface area contributed by atoms with Crippen molar-refractivity contribution in [3.63, 3.8) is 0 Å². The second kappa shape index (κ2) is 8.31. The van der Waals surface area contributed by atoms with Crippen LogP contribution in [0.2, 0.25) is 0 Å². The molecule has 0 N–H and O–H groups in total. The van der Waals surface area contributed by atoms with Crippen molar-refractivity contribution in [1.29, 1.82) is 0 Å². The molecule has 1 amide bonds. The molecule has 150 valence electrons. The highest BCUT2D eigenvalue weighted by Gasteiger charge is 2.32. The van der Waals surface area contributed by atoms with E-state index >= 15 is 0 Å². The van der Waals surface area contributed by atoms with Gasteiger partial charge in [-0.15, -0.1) is 0 Å². The zero-order chi connectivity index (χ0) is 20.3. The van der Waals surface area contributed by atoms with E-state index in [9.17, 15) is 18.0 Å². The molecule has 1 aromatic carbocycles. The minimum absolute atomic E-state index is 0.186. The van der Waals surface area contributed by atoms with E-state index in [4.69, 9.17) is 0 Å². The third-order valence-corrected chi connectivity index (χ3v) is 5.01. The predicted octanol–water partition coefficient (Wildman–Crippen LogP) is 4.18. The van der Waals surface area contributed by atoms with Crippen molar-refractivity contribution in [2.75, 3.05) is 26.2 Å². The summed E-state index contributed by atoms with van der Waals surface area (Å²) >= 11 is 0. The van der Waals surface area contributed by atoms with Gasteiger partial charge in [-0.1, -0.05) is 38.1 Å². The number of carbonyl (C=O) groups is 1. The quantitative estimate of drug-likeness (QED) is 0.785. The Morgan fingerprint density at radius 2 is 1.68 bits per heavy atom. The summed E-state index contributed by atoms with van der Waals surface area (Å²) < 4.78 is 37.8. The lowest BCUT2D eigenvalue weighted by molar-refractivity contribution is -0.141. The number of hydrogen-bond acceptors (Lipinski definition) is 3. The Balaban J connectivity index is 1.54. The molecule has 0 spiro atoms. The molecule has 28 heavy (non-hydrogen) atoms. The van der Waals surface area contributed by atoms with Crippen molar-refractivity contribution in [2.45, 2.75) is 32.5 Å². The molecule has 2 aromatic rings. The Labute approximate surface area is 163 Å². The maximum Gasteiger partial charge on any atom is 0.433 e. The molecule has 0 unspecified atom stereocenters. The molecule has 1 aliphatic rings. The van der Waals surface area contributed by atoms with Crippen molar-refractivity contribution < 1.29 is 18.0 Å². The van der Waals surface area contributed by atoms with Gasteiger partial charge in [-0.3, -0.25) is 14.7 Å². The van der Waals surface area contributed by atoms with E-state index in [2.05, 4.69) is 48.0 Å². The minimum atomic E-state index is -4.50. The van der Waals surface area contributed by atoms with Crippen LogP contribution in [-0.2, 0) is 12.7 Å². The Morgan fingerprint density at radius 3 is 2.18 bits per heavy atom. The van der Waals surface area contributed by atoms with Crippen LogP contribution in [0.5, 0.6) is 0 Å². The van der Waals surface area contributed by atoms with Gasteiger partial charge in [0.25, 0.3) is 5.91 Å². The molecule has 7 heteroatoms. The van der Waals surface area contributed by atoms with E-state index in [1.165, 1.54) is 17.2 Å². The third kappa shape index (κ3) is 4.90. The molecule has 3 rings (SSSR count). The average molecular weight is 391 g/mol. The van der Waals surface area contributed by atoms with E-state index in [-0.39, 0.29) is 11.5 Å². The summed E-state index contributed by atoms with van der Waals surface area (Å²) in [6, 6.07) is 10.6. The van der Waals surface area contributed by atoms with E-state index in [0.29, 0.717) is 19.0 Å². The van der Waals surface area contributed by atoms with Crippen LogP contribution in [0.25, 0.3) is 0 Å². The highest BCUT2D eigenvalue weighted by molar-refractivity contribution is 5.94. The van der Waals surface area contributed by atoms with Gasteiger partial charge in [0.05, 0.1) is 5.56 Å². The van der Waals surface area contributed by atoms with Gasteiger partial charge < -0.3 is 4.90 Å². The lowest BCUT2D eigenvalue weighted by atomic mass is 10.0. The van der Waals surface area contributed by atoms with Crippen LogP contribution in [0, 0.1) is 0 Å². The Hall–Kier alpha value is -2.41. The largest absolute Gasteiger partial charge is 0.433 e. The second-order valence-electron chi connectivity index (χ2n) is 7.39. The van der Waals surface area contributed by atoms with E-state index in [1.54, 1.807) is 4.90 Å². The SMILES string of the molecule is CC(C)c1ccc(CN2CCN(C(=O)c3ccc(C(F)(F)F)nc3)CC2)cc1. The molecule has 0 radical (unpaired) electrons. The number of alkyl halides is 3. The fourth-order valence-electron chi connectivity index (χ4n) is 3.25. The summed E-state index contributed by atoms with van der Waals surface area (Å²) in [6.45, 7) is 7.70. The number of benzene rings is 1. The van der Waals surface area contributed by atoms with Gasteiger partial charge in [0.1, 0.15) is 5.69 Å². The number of hydrogen-bond donors (Lipinski definition) is 0. The fourth-order valence-corrected chi connectivity index (χ4v) is 3.25. The summed E-state index contributed by atoms with van der Waals surface area (Å²) in [6.07, 6.45) is -3.49. The highest BCUT2D eigenvalue weighted by atomic mass is 19.4. The van der Waals surface area contributed by atoms with Crippen LogP contribution in [0.4, 0.5) is 13.2 Å². The van der Waals surface area contributed by atoms with Crippen LogP contribution in [0.1, 0.15) is 46.9 Å². The lowest BCUT2D eigenvalue weighted by Crippen LogP contribution is -2.48. The van der Waals surface area contributed by atoms with Gasteiger partial charge in [-0.05, 0) is 29.2 Å². The maximum absolute atomic E-state index is 12.6. The van der Waals surface area contributed by atoms with E-state index < -0.39 is 11.9 Å². The lowest BCUT2D eigenvalue weighted by Gasteiger charge is -2.34. The molecular formula is C21H24F3N3O. The molecule has 4 nitrogen and oxygen atoms in total. The number of rotatable bonds is 4. The standard InChI is InChI=1S/C21H24F3N3O/c1-15(2)17-5-3-16(4-6-17)14-26-9-11-27(12-10-26)20(28)18-7-8-19(25-13-18)21(22,23)24/h3-8,13,15H,9-12,14H2,1-2H3. The summed E-state index contributed by atoms with van der Waals surface area (Å²) in [4.78, 5) is 19.8. The molecule has 1 aromatic heterocycles. The molecule has 0 bridgehead atoms. The summed E-state index contributed by atoms with van der Waals surface area (Å²) in [5.74, 6) is 0.227. The smallest absolute Gasteiger partial charge is 0.336 e. The van der Waals surface area contributed by atoms with Crippen molar-refractivity contribution >= 4 is 5.91 Å². The van der Waals surface area contributed by atoms with Crippen LogP contribution in [0.15, 0.2) is 42.6 Å². The summed E-state index contributed by atoms with van der Waals surface area (Å²) in [7, 11) is 0. The summed E-state index contributed by atoms with van der Waals surface area (Å²) in [5, 5.41) is 0. The average Bonchev–Trinajstić information content (AvgIpc) is 2.68. The highest BCUT2D eigenvalue weighted by Crippen LogP contribution is 2.27. The van der Waals surface area contributed by atoms with Crippen LogP contribution < -0.4 is 0 Å². The first-order valence-electron chi connectivity index (χ1n) is 9.38. The number of nitrogens with zero attached hydrogens (tertiary/aromatic N) is 3. The zero-order valence-electron chi connectivity index (χ0n) is 16.0. The molecule has 1 aliphatic heterocycles. The first kappa shape index (κ1) is 20.3. The summed E-state index contributed by atoms with van der Waals surface area (Å²) in [5.41, 5.74) is 1.74. The Morgan fingerprint density at radius 1 is 1.04 bits per heavy atom. The molecule has 0 atom stereocenters. The number of amides is 1. The molecule has 1 saturated heterocycles. The number of pyridine rings is 1.